The van der Waals surface area contributed by atoms with Gasteiger partial charge in [0.05, 0.1) is 12.1 Å². The highest BCUT2D eigenvalue weighted by atomic mass is 16.6. The van der Waals surface area contributed by atoms with E-state index in [9.17, 15) is 9.59 Å². The van der Waals surface area contributed by atoms with Crippen LogP contribution < -0.4 is 0 Å². The standard InChI is InChI=1S/C13H20N2O3/c1-5-10-11(16)9(8-14)6-7-15(10)12(17)18-13(2,3)4/h9-10H,5-7H2,1-4H3. The zero-order chi connectivity index (χ0) is 13.9. The highest BCUT2D eigenvalue weighted by Gasteiger charge is 2.39. The maximum atomic E-state index is 12.0. The summed E-state index contributed by atoms with van der Waals surface area (Å²) in [5.74, 6) is -0.759. The molecular weight excluding hydrogens is 232 g/mol. The molecule has 0 bridgehead atoms. The molecule has 1 saturated heterocycles. The predicted molar refractivity (Wildman–Crippen MR) is 65.7 cm³/mol. The maximum Gasteiger partial charge on any atom is 0.410 e. The van der Waals surface area contributed by atoms with E-state index in [1.807, 2.05) is 13.0 Å². The number of carbonyl (C=O) groups excluding carboxylic acids is 2. The highest BCUT2D eigenvalue weighted by molar-refractivity contribution is 5.92. The number of nitriles is 1. The number of hydrogen-bond donors (Lipinski definition) is 0. The molecule has 1 aliphatic rings. The normalized spacial score (nSPS) is 24.6. The summed E-state index contributed by atoms with van der Waals surface area (Å²) in [6.45, 7) is 7.60. The van der Waals surface area contributed by atoms with Gasteiger partial charge in [-0.05, 0) is 33.6 Å². The Balaban J connectivity index is 2.81. The average Bonchev–Trinajstić information content (AvgIpc) is 2.26. The first-order valence-electron chi connectivity index (χ1n) is 6.23. The molecule has 1 amide bonds. The van der Waals surface area contributed by atoms with Crippen LogP contribution >= 0.6 is 0 Å². The zero-order valence-electron chi connectivity index (χ0n) is 11.4. The monoisotopic (exact) mass is 252 g/mol. The largest absolute Gasteiger partial charge is 0.444 e. The zero-order valence-corrected chi connectivity index (χ0v) is 11.4. The summed E-state index contributed by atoms with van der Waals surface area (Å²) < 4.78 is 5.28. The molecule has 1 fully saturated rings. The molecule has 0 aromatic rings. The fourth-order valence-electron chi connectivity index (χ4n) is 2.04. The lowest BCUT2D eigenvalue weighted by atomic mass is 9.89. The van der Waals surface area contributed by atoms with Crippen LogP contribution in [0.25, 0.3) is 0 Å². The molecule has 5 heteroatoms. The van der Waals surface area contributed by atoms with Crippen molar-refractivity contribution in [1.82, 2.24) is 4.90 Å². The number of carbonyl (C=O) groups is 2. The van der Waals surface area contributed by atoms with Crippen molar-refractivity contribution < 1.29 is 14.3 Å². The Morgan fingerprint density at radius 2 is 2.17 bits per heavy atom. The Hall–Kier alpha value is -1.57. The first kappa shape index (κ1) is 14.5. The maximum absolute atomic E-state index is 12.0. The summed E-state index contributed by atoms with van der Waals surface area (Å²) in [5, 5.41) is 8.88. The number of rotatable bonds is 1. The van der Waals surface area contributed by atoms with Crippen molar-refractivity contribution in [1.29, 1.82) is 5.26 Å². The van der Waals surface area contributed by atoms with E-state index in [2.05, 4.69) is 0 Å². The second-order valence-corrected chi connectivity index (χ2v) is 5.47. The van der Waals surface area contributed by atoms with Crippen molar-refractivity contribution in [3.63, 3.8) is 0 Å². The first-order chi connectivity index (χ1) is 8.30. The molecule has 5 nitrogen and oxygen atoms in total. The molecule has 2 unspecified atom stereocenters. The molecule has 1 aliphatic heterocycles. The third kappa shape index (κ3) is 3.22. The van der Waals surface area contributed by atoms with E-state index in [1.165, 1.54) is 4.90 Å². The number of Topliss-reactive ketones (excluding diaryl/α,β-unsaturated/α-hetero) is 1. The summed E-state index contributed by atoms with van der Waals surface area (Å²) >= 11 is 0. The molecule has 100 valence electrons. The number of piperidine rings is 1. The van der Waals surface area contributed by atoms with Crippen LogP contribution in [-0.2, 0) is 9.53 Å². The van der Waals surface area contributed by atoms with Crippen molar-refractivity contribution in [3.8, 4) is 6.07 Å². The summed E-state index contributed by atoms with van der Waals surface area (Å²) in [6, 6.07) is 1.47. The Kier molecular flexibility index (Phi) is 4.33. The molecule has 0 aliphatic carbocycles. The summed E-state index contributed by atoms with van der Waals surface area (Å²) in [7, 11) is 0. The summed E-state index contributed by atoms with van der Waals surface area (Å²) in [4.78, 5) is 25.4. The van der Waals surface area contributed by atoms with E-state index < -0.39 is 23.7 Å². The molecule has 0 saturated carbocycles. The lowest BCUT2D eigenvalue weighted by Gasteiger charge is -2.36. The van der Waals surface area contributed by atoms with Gasteiger partial charge in [0.2, 0.25) is 0 Å². The van der Waals surface area contributed by atoms with Crippen LogP contribution in [0.3, 0.4) is 0 Å². The van der Waals surface area contributed by atoms with Crippen molar-refractivity contribution in [2.75, 3.05) is 6.54 Å². The number of likely N-dealkylation sites (tertiary alicyclic amines) is 1. The fourth-order valence-corrected chi connectivity index (χ4v) is 2.04. The van der Waals surface area contributed by atoms with Crippen LogP contribution in [0.1, 0.15) is 40.5 Å². The summed E-state index contributed by atoms with van der Waals surface area (Å²) in [6.07, 6.45) is 0.431. The molecule has 0 spiro atoms. The Bertz CT molecular complexity index is 379. The van der Waals surface area contributed by atoms with E-state index in [-0.39, 0.29) is 5.78 Å². The number of ether oxygens (including phenoxy) is 1. The molecule has 0 radical (unpaired) electrons. The van der Waals surface area contributed by atoms with Gasteiger partial charge in [-0.2, -0.15) is 5.26 Å². The lowest BCUT2D eigenvalue weighted by molar-refractivity contribution is -0.129. The molecule has 2 atom stereocenters. The van der Waals surface area contributed by atoms with Crippen LogP contribution in [0.5, 0.6) is 0 Å². The third-order valence-corrected chi connectivity index (χ3v) is 2.88. The van der Waals surface area contributed by atoms with E-state index >= 15 is 0 Å². The molecule has 0 aromatic carbocycles. The second kappa shape index (κ2) is 5.38. The van der Waals surface area contributed by atoms with Crippen LogP contribution in [0.4, 0.5) is 4.79 Å². The lowest BCUT2D eigenvalue weighted by Crippen LogP contribution is -2.53. The minimum Gasteiger partial charge on any atom is -0.444 e. The molecule has 0 N–H and O–H groups in total. The SMILES string of the molecule is CCC1C(=O)C(C#N)CCN1C(=O)OC(C)(C)C. The van der Waals surface area contributed by atoms with Gasteiger partial charge in [-0.15, -0.1) is 0 Å². The Morgan fingerprint density at radius 1 is 1.56 bits per heavy atom. The van der Waals surface area contributed by atoms with Crippen LogP contribution in [0, 0.1) is 17.2 Å². The number of amides is 1. The van der Waals surface area contributed by atoms with Gasteiger partial charge in [0, 0.05) is 6.54 Å². The van der Waals surface area contributed by atoms with Crippen LogP contribution in [0.2, 0.25) is 0 Å². The third-order valence-electron chi connectivity index (χ3n) is 2.88. The minimum atomic E-state index is -0.589. The van der Waals surface area contributed by atoms with Gasteiger partial charge in [-0.3, -0.25) is 9.69 Å². The Morgan fingerprint density at radius 3 is 2.61 bits per heavy atom. The van der Waals surface area contributed by atoms with E-state index in [4.69, 9.17) is 10.00 Å². The van der Waals surface area contributed by atoms with Gasteiger partial charge in [-0.1, -0.05) is 6.92 Å². The van der Waals surface area contributed by atoms with Gasteiger partial charge in [-0.25, -0.2) is 4.79 Å². The van der Waals surface area contributed by atoms with Crippen molar-refractivity contribution in [2.45, 2.75) is 52.2 Å². The topological polar surface area (TPSA) is 70.4 Å². The second-order valence-electron chi connectivity index (χ2n) is 5.47. The molecule has 18 heavy (non-hydrogen) atoms. The smallest absolute Gasteiger partial charge is 0.410 e. The van der Waals surface area contributed by atoms with E-state index in [0.29, 0.717) is 19.4 Å². The quantitative estimate of drug-likeness (QED) is 0.716. The number of hydrogen-bond acceptors (Lipinski definition) is 4. The molecule has 1 rings (SSSR count). The van der Waals surface area contributed by atoms with Crippen LogP contribution in [-0.4, -0.2) is 35.0 Å². The van der Waals surface area contributed by atoms with Gasteiger partial charge in [0.1, 0.15) is 11.5 Å². The fraction of sp³-hybridized carbons (Fsp3) is 0.769. The van der Waals surface area contributed by atoms with E-state index in [1.54, 1.807) is 20.8 Å². The van der Waals surface area contributed by atoms with Gasteiger partial charge in [0.25, 0.3) is 0 Å². The van der Waals surface area contributed by atoms with Gasteiger partial charge < -0.3 is 4.74 Å². The molecular formula is C13H20N2O3. The predicted octanol–water partition coefficient (Wildman–Crippen LogP) is 2.11. The average molecular weight is 252 g/mol. The minimum absolute atomic E-state index is 0.169. The molecule has 0 aromatic heterocycles. The van der Waals surface area contributed by atoms with Crippen LogP contribution in [0.15, 0.2) is 0 Å². The Labute approximate surface area is 108 Å². The first-order valence-corrected chi connectivity index (χ1v) is 6.23. The summed E-state index contributed by atoms with van der Waals surface area (Å²) in [5.41, 5.74) is -0.579. The van der Waals surface area contributed by atoms with Crippen molar-refractivity contribution in [3.05, 3.63) is 0 Å². The number of nitrogens with zero attached hydrogens (tertiary/aromatic N) is 2. The van der Waals surface area contributed by atoms with Gasteiger partial charge in [0.15, 0.2) is 5.78 Å². The highest BCUT2D eigenvalue weighted by Crippen LogP contribution is 2.23. The molecule has 1 heterocycles. The van der Waals surface area contributed by atoms with E-state index in [0.717, 1.165) is 0 Å². The van der Waals surface area contributed by atoms with Gasteiger partial charge >= 0.3 is 6.09 Å². The number of ketones is 1. The van der Waals surface area contributed by atoms with Crippen molar-refractivity contribution in [2.24, 2.45) is 5.92 Å². The van der Waals surface area contributed by atoms with Crippen molar-refractivity contribution >= 4 is 11.9 Å².